The Morgan fingerprint density at radius 2 is 2.06 bits per heavy atom. The molecule has 4 nitrogen and oxygen atoms in total. The number of pyridine rings is 1. The quantitative estimate of drug-likeness (QED) is 0.877. The molecule has 0 radical (unpaired) electrons. The molecule has 0 unspecified atom stereocenters. The molecule has 0 saturated carbocycles. The number of hydrogen-bond donors (Lipinski definition) is 1. The van der Waals surface area contributed by atoms with Gasteiger partial charge in [-0.2, -0.15) is 0 Å². The number of rotatable bonds is 2. The van der Waals surface area contributed by atoms with E-state index < -0.39 is 0 Å². The standard InChI is InChI=1S/C14H15N3O/c1-10-4-3-5-12(8-10)17(2)14(18)11-6-7-13(15)16-9-11/h3-9H,1-2H3,(H2,15,16). The molecule has 1 amide bonds. The van der Waals surface area contributed by atoms with Gasteiger partial charge in [-0.3, -0.25) is 4.79 Å². The van der Waals surface area contributed by atoms with Crippen molar-refractivity contribution in [3.8, 4) is 0 Å². The first kappa shape index (κ1) is 12.1. The van der Waals surface area contributed by atoms with E-state index in [4.69, 9.17) is 5.73 Å². The van der Waals surface area contributed by atoms with Crippen LogP contribution in [-0.2, 0) is 0 Å². The second kappa shape index (κ2) is 4.87. The fourth-order valence-corrected chi connectivity index (χ4v) is 1.68. The predicted octanol–water partition coefficient (Wildman–Crippen LogP) is 2.25. The summed E-state index contributed by atoms with van der Waals surface area (Å²) in [5.74, 6) is 0.304. The van der Waals surface area contributed by atoms with Crippen LogP contribution in [0.4, 0.5) is 11.5 Å². The van der Waals surface area contributed by atoms with Crippen molar-refractivity contribution >= 4 is 17.4 Å². The van der Waals surface area contributed by atoms with Crippen LogP contribution in [0.25, 0.3) is 0 Å². The van der Waals surface area contributed by atoms with Crippen LogP contribution in [0.2, 0.25) is 0 Å². The maximum absolute atomic E-state index is 12.2. The lowest BCUT2D eigenvalue weighted by Crippen LogP contribution is -2.26. The minimum atomic E-state index is -0.104. The van der Waals surface area contributed by atoms with Gasteiger partial charge in [-0.1, -0.05) is 12.1 Å². The van der Waals surface area contributed by atoms with Gasteiger partial charge in [0.15, 0.2) is 0 Å². The average Bonchev–Trinajstić information content (AvgIpc) is 2.38. The van der Waals surface area contributed by atoms with Gasteiger partial charge in [0, 0.05) is 18.9 Å². The third kappa shape index (κ3) is 2.48. The highest BCUT2D eigenvalue weighted by Crippen LogP contribution is 2.16. The maximum atomic E-state index is 12.2. The number of benzene rings is 1. The van der Waals surface area contributed by atoms with E-state index in [0.717, 1.165) is 11.3 Å². The Morgan fingerprint density at radius 1 is 1.28 bits per heavy atom. The molecule has 2 rings (SSSR count). The van der Waals surface area contributed by atoms with Gasteiger partial charge in [-0.05, 0) is 36.8 Å². The first-order valence-electron chi connectivity index (χ1n) is 5.64. The summed E-state index contributed by atoms with van der Waals surface area (Å²) < 4.78 is 0. The van der Waals surface area contributed by atoms with E-state index in [-0.39, 0.29) is 5.91 Å². The van der Waals surface area contributed by atoms with Gasteiger partial charge in [0.1, 0.15) is 5.82 Å². The molecular formula is C14H15N3O. The predicted molar refractivity (Wildman–Crippen MR) is 72.6 cm³/mol. The van der Waals surface area contributed by atoms with Crippen LogP contribution in [-0.4, -0.2) is 17.9 Å². The summed E-state index contributed by atoms with van der Waals surface area (Å²) in [6, 6.07) is 11.1. The van der Waals surface area contributed by atoms with Gasteiger partial charge >= 0.3 is 0 Å². The van der Waals surface area contributed by atoms with Crippen molar-refractivity contribution in [2.45, 2.75) is 6.92 Å². The van der Waals surface area contributed by atoms with E-state index in [1.165, 1.54) is 6.20 Å². The second-order valence-electron chi connectivity index (χ2n) is 4.17. The van der Waals surface area contributed by atoms with Crippen LogP contribution in [0, 0.1) is 6.92 Å². The number of carbonyl (C=O) groups excluding carboxylic acids is 1. The van der Waals surface area contributed by atoms with Crippen molar-refractivity contribution in [3.63, 3.8) is 0 Å². The Morgan fingerprint density at radius 3 is 2.67 bits per heavy atom. The highest BCUT2D eigenvalue weighted by molar-refractivity contribution is 6.05. The second-order valence-corrected chi connectivity index (χ2v) is 4.17. The van der Waals surface area contributed by atoms with Crippen LogP contribution in [0.3, 0.4) is 0 Å². The van der Waals surface area contributed by atoms with Crippen LogP contribution in [0.15, 0.2) is 42.6 Å². The van der Waals surface area contributed by atoms with Crippen molar-refractivity contribution in [2.75, 3.05) is 17.7 Å². The highest BCUT2D eigenvalue weighted by Gasteiger charge is 2.13. The molecule has 1 heterocycles. The molecule has 92 valence electrons. The van der Waals surface area contributed by atoms with Crippen LogP contribution < -0.4 is 10.6 Å². The zero-order valence-corrected chi connectivity index (χ0v) is 10.4. The molecular weight excluding hydrogens is 226 g/mol. The summed E-state index contributed by atoms with van der Waals surface area (Å²) in [4.78, 5) is 17.7. The molecule has 18 heavy (non-hydrogen) atoms. The normalized spacial score (nSPS) is 10.1. The summed E-state index contributed by atoms with van der Waals surface area (Å²) >= 11 is 0. The van der Waals surface area contributed by atoms with Crippen LogP contribution in [0.1, 0.15) is 15.9 Å². The van der Waals surface area contributed by atoms with Gasteiger partial charge in [0.05, 0.1) is 5.56 Å². The molecule has 0 aliphatic rings. The monoisotopic (exact) mass is 241 g/mol. The minimum Gasteiger partial charge on any atom is -0.384 e. The van der Waals surface area contributed by atoms with Crippen molar-refractivity contribution < 1.29 is 4.79 Å². The molecule has 0 aliphatic heterocycles. The molecule has 2 aromatic rings. The zero-order chi connectivity index (χ0) is 13.1. The Bertz CT molecular complexity index is 564. The van der Waals surface area contributed by atoms with Gasteiger partial charge in [-0.25, -0.2) is 4.98 Å². The van der Waals surface area contributed by atoms with E-state index >= 15 is 0 Å². The Labute approximate surface area is 106 Å². The third-order valence-corrected chi connectivity index (χ3v) is 2.73. The molecule has 0 saturated heterocycles. The topological polar surface area (TPSA) is 59.2 Å². The molecule has 0 fully saturated rings. The van der Waals surface area contributed by atoms with Crippen molar-refractivity contribution in [1.29, 1.82) is 0 Å². The number of aromatic nitrogens is 1. The summed E-state index contributed by atoms with van der Waals surface area (Å²) in [6.07, 6.45) is 1.49. The number of amides is 1. The molecule has 0 bridgehead atoms. The van der Waals surface area contributed by atoms with Crippen molar-refractivity contribution in [1.82, 2.24) is 4.98 Å². The number of hydrogen-bond acceptors (Lipinski definition) is 3. The maximum Gasteiger partial charge on any atom is 0.259 e. The molecule has 0 atom stereocenters. The van der Waals surface area contributed by atoms with Crippen LogP contribution >= 0.6 is 0 Å². The van der Waals surface area contributed by atoms with Gasteiger partial charge in [-0.15, -0.1) is 0 Å². The molecule has 0 aliphatic carbocycles. The first-order chi connectivity index (χ1) is 8.58. The van der Waals surface area contributed by atoms with E-state index in [2.05, 4.69) is 4.98 Å². The number of anilines is 2. The van der Waals surface area contributed by atoms with E-state index in [9.17, 15) is 4.79 Å². The number of nitrogens with zero attached hydrogens (tertiary/aromatic N) is 2. The Kier molecular flexibility index (Phi) is 3.28. The number of nitrogens with two attached hydrogens (primary N) is 1. The van der Waals surface area contributed by atoms with Crippen molar-refractivity contribution in [3.05, 3.63) is 53.7 Å². The molecule has 4 heteroatoms. The van der Waals surface area contributed by atoms with Crippen molar-refractivity contribution in [2.24, 2.45) is 0 Å². The average molecular weight is 241 g/mol. The zero-order valence-electron chi connectivity index (χ0n) is 10.4. The van der Waals surface area contributed by atoms with Gasteiger partial charge in [0.2, 0.25) is 0 Å². The summed E-state index contributed by atoms with van der Waals surface area (Å²) in [6.45, 7) is 1.99. The Balaban J connectivity index is 2.26. The van der Waals surface area contributed by atoms with Crippen LogP contribution in [0.5, 0.6) is 0 Å². The highest BCUT2D eigenvalue weighted by atomic mass is 16.2. The van der Waals surface area contributed by atoms with Gasteiger partial charge < -0.3 is 10.6 Å². The molecule has 2 N–H and O–H groups in total. The fourth-order valence-electron chi connectivity index (χ4n) is 1.68. The minimum absolute atomic E-state index is 0.104. The largest absolute Gasteiger partial charge is 0.384 e. The summed E-state index contributed by atoms with van der Waals surface area (Å²) in [5, 5.41) is 0. The fraction of sp³-hybridized carbons (Fsp3) is 0.143. The number of nitrogen functional groups attached to an aromatic ring is 1. The van der Waals surface area contributed by atoms with E-state index in [1.54, 1.807) is 24.1 Å². The smallest absolute Gasteiger partial charge is 0.259 e. The molecule has 1 aromatic heterocycles. The van der Waals surface area contributed by atoms with E-state index in [1.807, 2.05) is 31.2 Å². The molecule has 1 aromatic carbocycles. The Hall–Kier alpha value is -2.36. The molecule has 0 spiro atoms. The number of carbonyl (C=O) groups is 1. The lowest BCUT2D eigenvalue weighted by molar-refractivity contribution is 0.0992. The lowest BCUT2D eigenvalue weighted by Gasteiger charge is -2.17. The SMILES string of the molecule is Cc1cccc(N(C)C(=O)c2ccc(N)nc2)c1. The van der Waals surface area contributed by atoms with E-state index in [0.29, 0.717) is 11.4 Å². The third-order valence-electron chi connectivity index (χ3n) is 2.73. The summed E-state index contributed by atoms with van der Waals surface area (Å²) in [7, 11) is 1.74. The first-order valence-corrected chi connectivity index (χ1v) is 5.64. The van der Waals surface area contributed by atoms with Gasteiger partial charge in [0.25, 0.3) is 5.91 Å². The summed E-state index contributed by atoms with van der Waals surface area (Å²) in [5.41, 5.74) is 7.99. The number of aryl methyl sites for hydroxylation is 1. The lowest BCUT2D eigenvalue weighted by atomic mass is 10.2.